The van der Waals surface area contributed by atoms with Gasteiger partial charge in [-0.2, -0.15) is 5.26 Å². The molecule has 11 nitrogen and oxygen atoms in total. The maximum absolute atomic E-state index is 13.8. The molecule has 0 unspecified atom stereocenters. The number of aromatic nitrogens is 2. The lowest BCUT2D eigenvalue weighted by molar-refractivity contribution is -0.108. The molecule has 0 bridgehead atoms. The number of hydrogen-bond acceptors (Lipinski definition) is 9. The van der Waals surface area contributed by atoms with Crippen molar-refractivity contribution in [3.63, 3.8) is 0 Å². The van der Waals surface area contributed by atoms with Gasteiger partial charge >= 0.3 is 5.69 Å². The van der Waals surface area contributed by atoms with Crippen molar-refractivity contribution < 1.29 is 28.4 Å². The number of ether oxygens (including phenoxy) is 6. The lowest BCUT2D eigenvalue weighted by Gasteiger charge is -2.43. The summed E-state index contributed by atoms with van der Waals surface area (Å²) in [5.41, 5.74) is -0.241. The van der Waals surface area contributed by atoms with Gasteiger partial charge in [-0.15, -0.1) is 0 Å². The number of nitrogens with one attached hydrogen (secondary N) is 1. The molecule has 1 aliphatic rings. The Bertz CT molecular complexity index is 2850. The number of methoxy groups -OCH3 is 4. The van der Waals surface area contributed by atoms with Crippen molar-refractivity contribution in [1.82, 2.24) is 9.55 Å². The third-order valence-electron chi connectivity index (χ3n) is 12.8. The van der Waals surface area contributed by atoms with Crippen molar-refractivity contribution in [1.29, 1.82) is 5.26 Å². The van der Waals surface area contributed by atoms with E-state index in [2.05, 4.69) is 17.6 Å². The SMILES string of the molecule is C=C1[C@@H](n2cc(C)c(=O)[nH]c2=O)C[C@H](OC(c2ccccc2)(c2ccc(OC)cc2)c2ccc(OC)cc2)[C@@]1(C#N)COC(c1ccccc1)(c1ccc(OC)cc1)c1ccc(OC)cc1. The largest absolute Gasteiger partial charge is 0.497 e. The van der Waals surface area contributed by atoms with Crippen molar-refractivity contribution in [2.45, 2.75) is 36.7 Å². The Morgan fingerprint density at radius 1 is 0.621 bits per heavy atom. The Morgan fingerprint density at radius 2 is 1.00 bits per heavy atom. The highest BCUT2D eigenvalue weighted by atomic mass is 16.5. The Kier molecular flexibility index (Phi) is 12.8. The zero-order valence-electron chi connectivity index (χ0n) is 37.5. The average molecular weight is 882 g/mol. The van der Waals surface area contributed by atoms with Gasteiger partial charge in [-0.25, -0.2) is 4.79 Å². The zero-order chi connectivity index (χ0) is 46.5. The van der Waals surface area contributed by atoms with Crippen LogP contribution in [-0.2, 0) is 20.7 Å². The molecule has 0 spiro atoms. The van der Waals surface area contributed by atoms with Crippen molar-refractivity contribution in [3.8, 4) is 29.1 Å². The van der Waals surface area contributed by atoms with Crippen LogP contribution in [0.5, 0.6) is 23.0 Å². The van der Waals surface area contributed by atoms with Gasteiger partial charge < -0.3 is 28.4 Å². The quantitative estimate of drug-likeness (QED) is 0.0745. The van der Waals surface area contributed by atoms with E-state index in [9.17, 15) is 14.9 Å². The summed E-state index contributed by atoms with van der Waals surface area (Å²) in [6, 6.07) is 52.1. The number of H-pyrrole nitrogens is 1. The Hall–Kier alpha value is -7.65. The van der Waals surface area contributed by atoms with Crippen LogP contribution in [0.1, 0.15) is 51.4 Å². The Morgan fingerprint density at radius 3 is 1.39 bits per heavy atom. The van der Waals surface area contributed by atoms with Gasteiger partial charge in [-0.05, 0) is 94.4 Å². The Labute approximate surface area is 384 Å². The molecule has 11 heteroatoms. The lowest BCUT2D eigenvalue weighted by Crippen LogP contribution is -2.46. The Balaban J connectivity index is 1.38. The molecule has 1 heterocycles. The van der Waals surface area contributed by atoms with E-state index in [1.165, 1.54) is 10.8 Å². The minimum atomic E-state index is -1.65. The van der Waals surface area contributed by atoms with Crippen LogP contribution in [0.15, 0.2) is 186 Å². The molecular formula is C55H51N3O8. The second-order valence-corrected chi connectivity index (χ2v) is 16.2. The number of nitrogens with zero attached hydrogens (tertiary/aromatic N) is 2. The van der Waals surface area contributed by atoms with E-state index in [0.717, 1.165) is 33.4 Å². The summed E-state index contributed by atoms with van der Waals surface area (Å²) in [7, 11) is 6.44. The molecule has 1 N–H and O–H groups in total. The molecule has 334 valence electrons. The van der Waals surface area contributed by atoms with Gasteiger partial charge in [0.25, 0.3) is 5.56 Å². The van der Waals surface area contributed by atoms with Crippen LogP contribution < -0.4 is 30.2 Å². The first-order chi connectivity index (χ1) is 32.1. The molecule has 66 heavy (non-hydrogen) atoms. The number of rotatable bonds is 16. The van der Waals surface area contributed by atoms with Crippen LogP contribution in [0.25, 0.3) is 0 Å². The van der Waals surface area contributed by atoms with E-state index in [1.54, 1.807) is 35.4 Å². The molecule has 0 radical (unpaired) electrons. The first-order valence-electron chi connectivity index (χ1n) is 21.5. The van der Waals surface area contributed by atoms with Gasteiger partial charge in [0, 0.05) is 18.2 Å². The van der Waals surface area contributed by atoms with Crippen molar-refractivity contribution in [2.75, 3.05) is 35.0 Å². The number of aryl methyl sites for hydroxylation is 1. The second kappa shape index (κ2) is 18.8. The number of benzene rings is 6. The smallest absolute Gasteiger partial charge is 0.328 e. The maximum Gasteiger partial charge on any atom is 0.328 e. The van der Waals surface area contributed by atoms with Crippen LogP contribution in [0.2, 0.25) is 0 Å². The van der Waals surface area contributed by atoms with Crippen LogP contribution in [0, 0.1) is 23.7 Å². The van der Waals surface area contributed by atoms with E-state index < -0.39 is 40.0 Å². The fourth-order valence-electron chi connectivity index (χ4n) is 9.20. The van der Waals surface area contributed by atoms with Crippen LogP contribution in [0.4, 0.5) is 0 Å². The summed E-state index contributed by atoms with van der Waals surface area (Å²) in [6.07, 6.45) is 0.609. The van der Waals surface area contributed by atoms with Gasteiger partial charge in [-0.1, -0.05) is 116 Å². The molecule has 3 atom stereocenters. The summed E-state index contributed by atoms with van der Waals surface area (Å²) in [4.78, 5) is 29.1. The summed E-state index contributed by atoms with van der Waals surface area (Å²) in [6.45, 7) is 6.01. The zero-order valence-corrected chi connectivity index (χ0v) is 37.5. The van der Waals surface area contributed by atoms with Gasteiger partial charge in [0.1, 0.15) is 39.6 Å². The number of nitriles is 1. The summed E-state index contributed by atoms with van der Waals surface area (Å²) >= 11 is 0. The molecule has 1 fully saturated rings. The molecule has 6 aromatic carbocycles. The topological polar surface area (TPSA) is 134 Å². The molecule has 1 aromatic heterocycles. The molecule has 0 amide bonds. The highest BCUT2D eigenvalue weighted by Gasteiger charge is 2.58. The predicted octanol–water partition coefficient (Wildman–Crippen LogP) is 9.28. The van der Waals surface area contributed by atoms with Crippen LogP contribution in [-0.4, -0.2) is 50.7 Å². The number of hydrogen-bond donors (Lipinski definition) is 1. The lowest BCUT2D eigenvalue weighted by atomic mass is 9.77. The predicted molar refractivity (Wildman–Crippen MR) is 252 cm³/mol. The fraction of sp³-hybridized carbons (Fsp3) is 0.218. The van der Waals surface area contributed by atoms with E-state index >= 15 is 0 Å². The van der Waals surface area contributed by atoms with Crippen LogP contribution >= 0.6 is 0 Å². The molecule has 0 aliphatic heterocycles. The van der Waals surface area contributed by atoms with E-state index in [0.29, 0.717) is 34.1 Å². The minimum absolute atomic E-state index is 0.103. The summed E-state index contributed by atoms with van der Waals surface area (Å²) < 4.78 is 39.2. The maximum atomic E-state index is 13.8. The molecule has 1 saturated carbocycles. The third kappa shape index (κ3) is 7.95. The fourth-order valence-corrected chi connectivity index (χ4v) is 9.20. The number of aromatic amines is 1. The van der Waals surface area contributed by atoms with Gasteiger partial charge in [0.05, 0.1) is 53.3 Å². The average Bonchev–Trinajstić information content (AvgIpc) is 3.64. The second-order valence-electron chi connectivity index (χ2n) is 16.2. The monoisotopic (exact) mass is 881 g/mol. The first kappa shape index (κ1) is 44.9. The first-order valence-corrected chi connectivity index (χ1v) is 21.5. The molecule has 8 rings (SSSR count). The highest BCUT2D eigenvalue weighted by Crippen LogP contribution is 2.55. The molecule has 1 aliphatic carbocycles. The van der Waals surface area contributed by atoms with Gasteiger partial charge in [0.15, 0.2) is 0 Å². The van der Waals surface area contributed by atoms with E-state index in [1.807, 2.05) is 158 Å². The third-order valence-corrected chi connectivity index (χ3v) is 12.8. The summed E-state index contributed by atoms with van der Waals surface area (Å²) in [5, 5.41) is 12.0. The highest BCUT2D eigenvalue weighted by molar-refractivity contribution is 5.52. The van der Waals surface area contributed by atoms with Gasteiger partial charge in [0.2, 0.25) is 0 Å². The van der Waals surface area contributed by atoms with E-state index in [-0.39, 0.29) is 13.0 Å². The van der Waals surface area contributed by atoms with Crippen molar-refractivity contribution in [2.24, 2.45) is 5.41 Å². The minimum Gasteiger partial charge on any atom is -0.497 e. The molecule has 0 saturated heterocycles. The molecule has 7 aromatic rings. The normalized spacial score (nSPS) is 17.2. The van der Waals surface area contributed by atoms with Gasteiger partial charge in [-0.3, -0.25) is 14.3 Å². The van der Waals surface area contributed by atoms with Crippen LogP contribution in [0.3, 0.4) is 0 Å². The van der Waals surface area contributed by atoms with Crippen molar-refractivity contribution in [3.05, 3.63) is 236 Å². The van der Waals surface area contributed by atoms with Crippen molar-refractivity contribution >= 4 is 0 Å². The standard InChI is InChI=1S/C55H51N3O8/c1-37-34-58(52(60)57-51(37)59)49-33-50(66-55(40-15-11-8-12-16-40,43-21-29-47(63-5)30-22-43)44-23-31-48(64-6)32-24-44)53(35-56,38(49)2)36-65-54(39-13-9-7-10-14-39,41-17-25-45(61-3)26-18-41)42-19-27-46(62-4)28-20-42/h7-32,34,49-50H,2,33,36H2,1,3-6H3,(H,57,59,60)/t49-,50-,53-/m0/s1. The van der Waals surface area contributed by atoms with E-state index in [4.69, 9.17) is 28.4 Å². The molecular weight excluding hydrogens is 831 g/mol. The summed E-state index contributed by atoms with van der Waals surface area (Å²) in [5.74, 6) is 2.60.